The SMILES string of the molecule is CCC1CCCCN1CC(=O)N(C)C(C)c1ccc(F)c(F)c1. The van der Waals surface area contributed by atoms with Crippen LogP contribution in [0.4, 0.5) is 8.78 Å². The summed E-state index contributed by atoms with van der Waals surface area (Å²) in [5.41, 5.74) is 0.602. The molecule has 0 radical (unpaired) electrons. The van der Waals surface area contributed by atoms with Crippen molar-refractivity contribution in [3.05, 3.63) is 35.4 Å². The van der Waals surface area contributed by atoms with E-state index in [0.717, 1.165) is 31.9 Å². The molecule has 0 bridgehead atoms. The fraction of sp³-hybridized carbons (Fsp3) is 0.611. The molecule has 1 heterocycles. The number of carbonyl (C=O) groups excluding carboxylic acids is 1. The normalized spacial score (nSPS) is 20.3. The molecular weight excluding hydrogens is 298 g/mol. The van der Waals surface area contributed by atoms with Crippen molar-refractivity contribution in [2.45, 2.75) is 51.6 Å². The van der Waals surface area contributed by atoms with Crippen molar-refractivity contribution in [1.29, 1.82) is 0 Å². The van der Waals surface area contributed by atoms with Gasteiger partial charge in [-0.3, -0.25) is 9.69 Å². The highest BCUT2D eigenvalue weighted by molar-refractivity contribution is 5.78. The van der Waals surface area contributed by atoms with Crippen molar-refractivity contribution < 1.29 is 13.6 Å². The summed E-state index contributed by atoms with van der Waals surface area (Å²) in [5.74, 6) is -1.73. The molecule has 1 aromatic carbocycles. The Morgan fingerprint density at radius 2 is 2.09 bits per heavy atom. The van der Waals surface area contributed by atoms with E-state index in [1.165, 1.54) is 18.6 Å². The smallest absolute Gasteiger partial charge is 0.237 e. The average Bonchev–Trinajstić information content (AvgIpc) is 2.56. The molecule has 0 aromatic heterocycles. The minimum absolute atomic E-state index is 0.0163. The van der Waals surface area contributed by atoms with Gasteiger partial charge in [-0.2, -0.15) is 0 Å². The molecule has 2 atom stereocenters. The van der Waals surface area contributed by atoms with Gasteiger partial charge in [0.25, 0.3) is 0 Å². The summed E-state index contributed by atoms with van der Waals surface area (Å²) in [5, 5.41) is 0. The van der Waals surface area contributed by atoms with E-state index < -0.39 is 11.6 Å². The fourth-order valence-electron chi connectivity index (χ4n) is 3.23. The number of benzene rings is 1. The number of amides is 1. The molecule has 1 fully saturated rings. The van der Waals surface area contributed by atoms with E-state index in [4.69, 9.17) is 0 Å². The van der Waals surface area contributed by atoms with Crippen molar-refractivity contribution in [3.8, 4) is 0 Å². The lowest BCUT2D eigenvalue weighted by atomic mass is 10.00. The number of hydrogen-bond donors (Lipinski definition) is 0. The third-order valence-corrected chi connectivity index (χ3v) is 4.96. The van der Waals surface area contributed by atoms with Crippen LogP contribution in [-0.2, 0) is 4.79 Å². The number of halogens is 2. The Morgan fingerprint density at radius 1 is 1.35 bits per heavy atom. The van der Waals surface area contributed by atoms with Gasteiger partial charge in [0.2, 0.25) is 5.91 Å². The van der Waals surface area contributed by atoms with Gasteiger partial charge in [0.05, 0.1) is 12.6 Å². The molecule has 23 heavy (non-hydrogen) atoms. The van der Waals surface area contributed by atoms with Gasteiger partial charge in [0.15, 0.2) is 11.6 Å². The lowest BCUT2D eigenvalue weighted by Crippen LogP contribution is -2.46. The first-order valence-corrected chi connectivity index (χ1v) is 8.38. The molecule has 1 aliphatic heterocycles. The molecule has 128 valence electrons. The van der Waals surface area contributed by atoms with E-state index in [0.29, 0.717) is 18.2 Å². The van der Waals surface area contributed by atoms with Gasteiger partial charge in [-0.05, 0) is 50.4 Å². The van der Waals surface area contributed by atoms with Gasteiger partial charge in [-0.15, -0.1) is 0 Å². The van der Waals surface area contributed by atoms with Crippen molar-refractivity contribution in [1.82, 2.24) is 9.80 Å². The monoisotopic (exact) mass is 324 g/mol. The Kier molecular flexibility index (Phi) is 6.10. The van der Waals surface area contributed by atoms with E-state index in [1.807, 2.05) is 6.92 Å². The van der Waals surface area contributed by atoms with Crippen molar-refractivity contribution >= 4 is 5.91 Å². The molecule has 0 saturated carbocycles. The highest BCUT2D eigenvalue weighted by Crippen LogP contribution is 2.23. The molecule has 0 aliphatic carbocycles. The van der Waals surface area contributed by atoms with Gasteiger partial charge in [0.1, 0.15) is 0 Å². The molecule has 0 N–H and O–H groups in total. The number of piperidine rings is 1. The summed E-state index contributed by atoms with van der Waals surface area (Å²) >= 11 is 0. The zero-order valence-electron chi connectivity index (χ0n) is 14.2. The minimum atomic E-state index is -0.878. The minimum Gasteiger partial charge on any atom is -0.338 e. The molecule has 2 unspecified atom stereocenters. The summed E-state index contributed by atoms with van der Waals surface area (Å²) in [4.78, 5) is 16.4. The predicted octanol–water partition coefficient (Wildman–Crippen LogP) is 3.75. The van der Waals surface area contributed by atoms with E-state index in [-0.39, 0.29) is 11.9 Å². The van der Waals surface area contributed by atoms with Gasteiger partial charge >= 0.3 is 0 Å². The summed E-state index contributed by atoms with van der Waals surface area (Å²) in [6.07, 6.45) is 4.55. The highest BCUT2D eigenvalue weighted by Gasteiger charge is 2.26. The lowest BCUT2D eigenvalue weighted by molar-refractivity contribution is -0.134. The van der Waals surface area contributed by atoms with E-state index in [9.17, 15) is 13.6 Å². The van der Waals surface area contributed by atoms with Gasteiger partial charge in [0, 0.05) is 13.1 Å². The second-order valence-electron chi connectivity index (χ2n) is 6.38. The fourth-order valence-corrected chi connectivity index (χ4v) is 3.23. The molecular formula is C18H26F2N2O. The maximum atomic E-state index is 13.4. The number of likely N-dealkylation sites (N-methyl/N-ethyl adjacent to an activating group) is 1. The topological polar surface area (TPSA) is 23.6 Å². The third-order valence-electron chi connectivity index (χ3n) is 4.96. The number of rotatable bonds is 5. The highest BCUT2D eigenvalue weighted by atomic mass is 19.2. The average molecular weight is 324 g/mol. The number of nitrogens with zero attached hydrogens (tertiary/aromatic N) is 2. The summed E-state index contributed by atoms with van der Waals surface area (Å²) < 4.78 is 26.4. The summed E-state index contributed by atoms with van der Waals surface area (Å²) in [7, 11) is 1.72. The van der Waals surface area contributed by atoms with Gasteiger partial charge in [-0.1, -0.05) is 19.4 Å². The Balaban J connectivity index is 2.01. The van der Waals surface area contributed by atoms with Gasteiger partial charge < -0.3 is 4.90 Å². The second kappa shape index (κ2) is 7.86. The number of carbonyl (C=O) groups is 1. The Bertz CT molecular complexity index is 550. The Labute approximate surface area is 137 Å². The standard InChI is InChI=1S/C18H26F2N2O/c1-4-15-7-5-6-10-22(15)12-18(23)21(3)13(2)14-8-9-16(19)17(20)11-14/h8-9,11,13,15H,4-7,10,12H2,1-3H3. The molecule has 1 aromatic rings. The van der Waals surface area contributed by atoms with Crippen LogP contribution in [0, 0.1) is 11.6 Å². The number of likely N-dealkylation sites (tertiary alicyclic amines) is 1. The molecule has 1 saturated heterocycles. The largest absolute Gasteiger partial charge is 0.338 e. The molecule has 3 nitrogen and oxygen atoms in total. The van der Waals surface area contributed by atoms with Crippen molar-refractivity contribution in [2.75, 3.05) is 20.1 Å². The van der Waals surface area contributed by atoms with Crippen LogP contribution < -0.4 is 0 Å². The van der Waals surface area contributed by atoms with Crippen LogP contribution in [0.25, 0.3) is 0 Å². The van der Waals surface area contributed by atoms with Crippen LogP contribution in [-0.4, -0.2) is 41.9 Å². The summed E-state index contributed by atoms with van der Waals surface area (Å²) in [6.45, 7) is 5.33. The Morgan fingerprint density at radius 3 is 2.74 bits per heavy atom. The zero-order chi connectivity index (χ0) is 17.0. The van der Waals surface area contributed by atoms with Crippen LogP contribution in [0.1, 0.15) is 51.1 Å². The first-order chi connectivity index (χ1) is 10.9. The van der Waals surface area contributed by atoms with Crippen LogP contribution in [0.15, 0.2) is 18.2 Å². The van der Waals surface area contributed by atoms with E-state index in [1.54, 1.807) is 11.9 Å². The predicted molar refractivity (Wildman–Crippen MR) is 87.0 cm³/mol. The third kappa shape index (κ3) is 4.28. The second-order valence-corrected chi connectivity index (χ2v) is 6.38. The molecule has 1 aliphatic rings. The quantitative estimate of drug-likeness (QED) is 0.823. The Hall–Kier alpha value is -1.49. The first kappa shape index (κ1) is 17.9. The van der Waals surface area contributed by atoms with E-state index >= 15 is 0 Å². The maximum Gasteiger partial charge on any atom is 0.237 e. The van der Waals surface area contributed by atoms with Crippen LogP contribution in [0.3, 0.4) is 0 Å². The van der Waals surface area contributed by atoms with E-state index in [2.05, 4.69) is 11.8 Å². The maximum absolute atomic E-state index is 13.4. The van der Waals surface area contributed by atoms with Crippen molar-refractivity contribution in [3.63, 3.8) is 0 Å². The van der Waals surface area contributed by atoms with Crippen LogP contribution >= 0.6 is 0 Å². The van der Waals surface area contributed by atoms with Crippen LogP contribution in [0.2, 0.25) is 0 Å². The van der Waals surface area contributed by atoms with Crippen molar-refractivity contribution in [2.24, 2.45) is 0 Å². The molecule has 2 rings (SSSR count). The summed E-state index contributed by atoms with van der Waals surface area (Å²) in [6, 6.07) is 3.99. The first-order valence-electron chi connectivity index (χ1n) is 8.38. The molecule has 5 heteroatoms. The number of hydrogen-bond acceptors (Lipinski definition) is 2. The molecule has 0 spiro atoms. The van der Waals surface area contributed by atoms with Crippen LogP contribution in [0.5, 0.6) is 0 Å². The molecule has 1 amide bonds. The lowest BCUT2D eigenvalue weighted by Gasteiger charge is -2.36. The zero-order valence-corrected chi connectivity index (χ0v) is 14.2. The van der Waals surface area contributed by atoms with Gasteiger partial charge in [-0.25, -0.2) is 8.78 Å².